The van der Waals surface area contributed by atoms with Gasteiger partial charge in [-0.25, -0.2) is 0 Å². The van der Waals surface area contributed by atoms with E-state index < -0.39 is 0 Å². The summed E-state index contributed by atoms with van der Waals surface area (Å²) in [6.07, 6.45) is 3.27. The molecule has 1 unspecified atom stereocenters. The third kappa shape index (κ3) is 3.27. The summed E-state index contributed by atoms with van der Waals surface area (Å²) in [7, 11) is 0. The normalized spacial score (nSPS) is 22.1. The molecule has 4 N–H and O–H groups in total. The first-order valence-corrected chi connectivity index (χ1v) is 5.38. The van der Waals surface area contributed by atoms with E-state index >= 15 is 0 Å². The number of nitrogens with one attached hydrogen (secondary N) is 1. The average Bonchev–Trinajstić information content (AvgIpc) is 2.15. The van der Waals surface area contributed by atoms with E-state index in [-0.39, 0.29) is 11.9 Å². The first kappa shape index (κ1) is 11.5. The Balaban J connectivity index is 2.40. The van der Waals surface area contributed by atoms with Crippen LogP contribution in [-0.4, -0.2) is 41.1 Å². The molecule has 14 heavy (non-hydrogen) atoms. The largest absolute Gasteiger partial charge is 0.393 e. The lowest BCUT2D eigenvalue weighted by molar-refractivity contribution is 0.0611. The fourth-order valence-electron chi connectivity index (χ4n) is 2.04. The predicted molar refractivity (Wildman–Crippen MR) is 57.4 cm³/mol. The van der Waals surface area contributed by atoms with Crippen LogP contribution in [0.4, 0.5) is 0 Å². The number of amidine groups is 1. The lowest BCUT2D eigenvalue weighted by Gasteiger charge is -2.35. The number of likely N-dealkylation sites (tertiary alicyclic amines) is 1. The first-order valence-electron chi connectivity index (χ1n) is 5.38. The van der Waals surface area contributed by atoms with Gasteiger partial charge in [-0.05, 0) is 19.3 Å². The number of aliphatic hydroxyl groups excluding tert-OH is 1. The highest BCUT2D eigenvalue weighted by Crippen LogP contribution is 2.16. The van der Waals surface area contributed by atoms with Crippen molar-refractivity contribution in [3.63, 3.8) is 0 Å². The highest BCUT2D eigenvalue weighted by Gasteiger charge is 2.23. The van der Waals surface area contributed by atoms with Crippen LogP contribution in [0.2, 0.25) is 0 Å². The van der Waals surface area contributed by atoms with Crippen molar-refractivity contribution in [2.75, 3.05) is 13.1 Å². The third-order valence-corrected chi connectivity index (χ3v) is 2.94. The maximum Gasteiger partial charge on any atom is 0.0921 e. The molecule has 1 rings (SSSR count). The minimum atomic E-state index is -0.124. The molecule has 0 aromatic rings. The van der Waals surface area contributed by atoms with Crippen molar-refractivity contribution in [3.8, 4) is 0 Å². The number of nitrogens with zero attached hydrogens (tertiary/aromatic N) is 1. The Morgan fingerprint density at radius 2 is 2.14 bits per heavy atom. The van der Waals surface area contributed by atoms with Crippen LogP contribution < -0.4 is 5.73 Å². The van der Waals surface area contributed by atoms with Gasteiger partial charge in [-0.1, -0.05) is 6.92 Å². The van der Waals surface area contributed by atoms with Crippen LogP contribution >= 0.6 is 0 Å². The van der Waals surface area contributed by atoms with Gasteiger partial charge in [0.25, 0.3) is 0 Å². The quantitative estimate of drug-likeness (QED) is 0.457. The van der Waals surface area contributed by atoms with Crippen LogP contribution in [0.25, 0.3) is 0 Å². The predicted octanol–water partition coefficient (Wildman–Crippen LogP) is 0.548. The third-order valence-electron chi connectivity index (χ3n) is 2.94. The summed E-state index contributed by atoms with van der Waals surface area (Å²) in [4.78, 5) is 2.34. The van der Waals surface area contributed by atoms with Crippen LogP contribution in [0.1, 0.15) is 32.6 Å². The van der Waals surface area contributed by atoms with Crippen molar-refractivity contribution in [3.05, 3.63) is 0 Å². The molecular weight excluding hydrogens is 178 g/mol. The summed E-state index contributed by atoms with van der Waals surface area (Å²) >= 11 is 0. The fraction of sp³-hybridized carbons (Fsp3) is 0.900. The topological polar surface area (TPSA) is 73.3 Å². The molecule has 1 aliphatic heterocycles. The van der Waals surface area contributed by atoms with Crippen molar-refractivity contribution in [2.45, 2.75) is 44.8 Å². The second-order valence-corrected chi connectivity index (χ2v) is 4.06. The van der Waals surface area contributed by atoms with Crippen LogP contribution in [0.3, 0.4) is 0 Å². The Labute approximate surface area is 85.6 Å². The fourth-order valence-corrected chi connectivity index (χ4v) is 2.04. The van der Waals surface area contributed by atoms with Gasteiger partial charge in [0.2, 0.25) is 0 Å². The Morgan fingerprint density at radius 1 is 1.57 bits per heavy atom. The van der Waals surface area contributed by atoms with Gasteiger partial charge in [-0.3, -0.25) is 10.3 Å². The van der Waals surface area contributed by atoms with Gasteiger partial charge < -0.3 is 10.8 Å². The maximum atomic E-state index is 9.37. The number of hydrogen-bond acceptors (Lipinski definition) is 3. The monoisotopic (exact) mass is 199 g/mol. The summed E-state index contributed by atoms with van der Waals surface area (Å²) in [5.74, 6) is 0.267. The van der Waals surface area contributed by atoms with Gasteiger partial charge in [0.05, 0.1) is 11.9 Å². The zero-order valence-electron chi connectivity index (χ0n) is 8.87. The Bertz CT molecular complexity index is 188. The highest BCUT2D eigenvalue weighted by molar-refractivity contribution is 5.77. The van der Waals surface area contributed by atoms with Gasteiger partial charge in [0.15, 0.2) is 0 Å². The number of hydrogen-bond donors (Lipinski definition) is 3. The van der Waals surface area contributed by atoms with E-state index in [4.69, 9.17) is 11.1 Å². The number of piperidine rings is 1. The summed E-state index contributed by atoms with van der Waals surface area (Å²) in [6, 6.07) is 0.389. The molecule has 0 amide bonds. The summed E-state index contributed by atoms with van der Waals surface area (Å²) < 4.78 is 0. The van der Waals surface area contributed by atoms with Crippen molar-refractivity contribution >= 4 is 5.84 Å². The molecule has 4 heteroatoms. The van der Waals surface area contributed by atoms with Gasteiger partial charge in [0, 0.05) is 25.6 Å². The molecule has 0 radical (unpaired) electrons. The molecule has 0 bridgehead atoms. The summed E-state index contributed by atoms with van der Waals surface area (Å²) in [5.41, 5.74) is 5.41. The lowest BCUT2D eigenvalue weighted by atomic mass is 10.0. The number of aliphatic hydroxyl groups is 1. The van der Waals surface area contributed by atoms with Crippen LogP contribution in [0.5, 0.6) is 0 Å². The Kier molecular flexibility index (Phi) is 4.35. The molecule has 1 fully saturated rings. The molecule has 1 saturated heterocycles. The molecule has 0 spiro atoms. The van der Waals surface area contributed by atoms with E-state index in [1.807, 2.05) is 0 Å². The minimum absolute atomic E-state index is 0.124. The Hall–Kier alpha value is -0.610. The Morgan fingerprint density at radius 3 is 2.57 bits per heavy atom. The smallest absolute Gasteiger partial charge is 0.0921 e. The van der Waals surface area contributed by atoms with E-state index in [0.717, 1.165) is 32.4 Å². The molecule has 1 atom stereocenters. The van der Waals surface area contributed by atoms with Crippen molar-refractivity contribution in [1.29, 1.82) is 5.41 Å². The maximum absolute atomic E-state index is 9.37. The van der Waals surface area contributed by atoms with Crippen molar-refractivity contribution in [2.24, 2.45) is 5.73 Å². The molecule has 1 heterocycles. The number of rotatable bonds is 4. The van der Waals surface area contributed by atoms with Gasteiger partial charge >= 0.3 is 0 Å². The molecule has 1 aliphatic rings. The van der Waals surface area contributed by atoms with Gasteiger partial charge in [0.1, 0.15) is 0 Å². The van der Waals surface area contributed by atoms with Crippen LogP contribution in [-0.2, 0) is 0 Å². The first-order chi connectivity index (χ1) is 6.63. The molecule has 0 saturated carbocycles. The van der Waals surface area contributed by atoms with Gasteiger partial charge in [-0.15, -0.1) is 0 Å². The van der Waals surface area contributed by atoms with E-state index in [9.17, 15) is 5.11 Å². The molecule has 0 aromatic carbocycles. The SMILES string of the molecule is CCC(CC(=N)N)N1CCC(O)CC1. The summed E-state index contributed by atoms with van der Waals surface area (Å²) in [6.45, 7) is 4.00. The zero-order chi connectivity index (χ0) is 10.6. The molecular formula is C10H21N3O. The van der Waals surface area contributed by atoms with E-state index in [1.54, 1.807) is 0 Å². The standard InChI is InChI=1S/C10H21N3O/c1-2-8(7-10(11)12)13-5-3-9(14)4-6-13/h8-9,14H,2-7H2,1H3,(H3,11,12). The van der Waals surface area contributed by atoms with E-state index in [0.29, 0.717) is 12.5 Å². The lowest BCUT2D eigenvalue weighted by Crippen LogP contribution is -2.44. The zero-order valence-corrected chi connectivity index (χ0v) is 8.87. The molecule has 82 valence electrons. The van der Waals surface area contributed by atoms with Crippen LogP contribution in [0, 0.1) is 5.41 Å². The average molecular weight is 199 g/mol. The second-order valence-electron chi connectivity index (χ2n) is 4.06. The number of nitrogens with two attached hydrogens (primary N) is 1. The van der Waals surface area contributed by atoms with E-state index in [2.05, 4.69) is 11.8 Å². The van der Waals surface area contributed by atoms with E-state index in [1.165, 1.54) is 0 Å². The minimum Gasteiger partial charge on any atom is -0.393 e. The molecule has 0 aromatic heterocycles. The summed E-state index contributed by atoms with van der Waals surface area (Å²) in [5, 5.41) is 16.7. The molecule has 0 aliphatic carbocycles. The second kappa shape index (κ2) is 5.32. The van der Waals surface area contributed by atoms with Crippen molar-refractivity contribution in [1.82, 2.24) is 4.90 Å². The van der Waals surface area contributed by atoms with Crippen molar-refractivity contribution < 1.29 is 5.11 Å². The molecule has 4 nitrogen and oxygen atoms in total. The highest BCUT2D eigenvalue weighted by atomic mass is 16.3. The van der Waals surface area contributed by atoms with Crippen LogP contribution in [0.15, 0.2) is 0 Å². The van der Waals surface area contributed by atoms with Gasteiger partial charge in [-0.2, -0.15) is 0 Å².